The zero-order chi connectivity index (χ0) is 19.6. The SMILES string of the molecule is CCCOC(=O)c1ccc(NC(=O)NCCCc2nc(C(C)C)no2)cc1. The van der Waals surface area contributed by atoms with Gasteiger partial charge in [0.25, 0.3) is 0 Å². The van der Waals surface area contributed by atoms with E-state index in [4.69, 9.17) is 9.26 Å². The monoisotopic (exact) mass is 374 g/mol. The third kappa shape index (κ3) is 6.73. The molecule has 2 N–H and O–H groups in total. The molecule has 2 rings (SSSR count). The second-order valence-corrected chi connectivity index (χ2v) is 6.40. The second-order valence-electron chi connectivity index (χ2n) is 6.40. The predicted octanol–water partition coefficient (Wildman–Crippen LogP) is 3.51. The number of rotatable bonds is 9. The Hall–Kier alpha value is -2.90. The summed E-state index contributed by atoms with van der Waals surface area (Å²) in [6.07, 6.45) is 2.07. The van der Waals surface area contributed by atoms with Gasteiger partial charge < -0.3 is 19.9 Å². The number of benzene rings is 1. The van der Waals surface area contributed by atoms with Gasteiger partial charge >= 0.3 is 12.0 Å². The number of amides is 2. The molecule has 0 radical (unpaired) electrons. The lowest BCUT2D eigenvalue weighted by molar-refractivity contribution is 0.0505. The molecule has 0 saturated heterocycles. The third-order valence-corrected chi connectivity index (χ3v) is 3.67. The number of urea groups is 1. The fourth-order valence-corrected chi connectivity index (χ4v) is 2.19. The molecule has 0 atom stereocenters. The Kier molecular flexibility index (Phi) is 7.79. The zero-order valence-corrected chi connectivity index (χ0v) is 15.9. The first-order valence-corrected chi connectivity index (χ1v) is 9.14. The number of aromatic nitrogens is 2. The average Bonchev–Trinajstić information content (AvgIpc) is 3.13. The van der Waals surface area contributed by atoms with Gasteiger partial charge in [0.1, 0.15) is 0 Å². The van der Waals surface area contributed by atoms with E-state index >= 15 is 0 Å². The number of nitrogens with zero attached hydrogens (tertiary/aromatic N) is 2. The molecular weight excluding hydrogens is 348 g/mol. The molecule has 27 heavy (non-hydrogen) atoms. The molecule has 0 spiro atoms. The first kappa shape index (κ1) is 20.4. The minimum Gasteiger partial charge on any atom is -0.462 e. The van der Waals surface area contributed by atoms with Gasteiger partial charge in [-0.25, -0.2) is 9.59 Å². The number of nitrogens with one attached hydrogen (secondary N) is 2. The summed E-state index contributed by atoms with van der Waals surface area (Å²) in [5.74, 6) is 1.13. The molecule has 0 unspecified atom stereocenters. The minimum absolute atomic E-state index is 0.228. The number of esters is 1. The van der Waals surface area contributed by atoms with E-state index in [9.17, 15) is 9.59 Å². The number of carbonyl (C=O) groups is 2. The Morgan fingerprint density at radius 3 is 2.59 bits per heavy atom. The number of ether oxygens (including phenoxy) is 1. The zero-order valence-electron chi connectivity index (χ0n) is 15.9. The van der Waals surface area contributed by atoms with Crippen molar-refractivity contribution in [3.05, 3.63) is 41.5 Å². The maximum Gasteiger partial charge on any atom is 0.338 e. The van der Waals surface area contributed by atoms with Crippen molar-refractivity contribution in [3.63, 3.8) is 0 Å². The summed E-state index contributed by atoms with van der Waals surface area (Å²) in [4.78, 5) is 27.9. The van der Waals surface area contributed by atoms with Crippen molar-refractivity contribution in [3.8, 4) is 0 Å². The number of hydrogen-bond acceptors (Lipinski definition) is 6. The molecule has 0 bridgehead atoms. The van der Waals surface area contributed by atoms with Crippen LogP contribution >= 0.6 is 0 Å². The molecular formula is C19H26N4O4. The Labute approximate surface area is 158 Å². The molecule has 146 valence electrons. The Balaban J connectivity index is 1.69. The van der Waals surface area contributed by atoms with Crippen LogP contribution in [0.3, 0.4) is 0 Å². The van der Waals surface area contributed by atoms with Crippen LogP contribution in [0.15, 0.2) is 28.8 Å². The molecule has 0 fully saturated rings. The van der Waals surface area contributed by atoms with Crippen molar-refractivity contribution in [2.75, 3.05) is 18.5 Å². The number of carbonyl (C=O) groups excluding carboxylic acids is 2. The summed E-state index contributed by atoms with van der Waals surface area (Å²) >= 11 is 0. The van der Waals surface area contributed by atoms with E-state index in [1.165, 1.54) is 0 Å². The molecule has 8 nitrogen and oxygen atoms in total. The summed E-state index contributed by atoms with van der Waals surface area (Å²) in [7, 11) is 0. The van der Waals surface area contributed by atoms with Gasteiger partial charge in [-0.05, 0) is 37.1 Å². The Morgan fingerprint density at radius 2 is 1.96 bits per heavy atom. The van der Waals surface area contributed by atoms with E-state index in [0.29, 0.717) is 49.0 Å². The van der Waals surface area contributed by atoms with E-state index in [0.717, 1.165) is 6.42 Å². The Bertz CT molecular complexity index is 740. The summed E-state index contributed by atoms with van der Waals surface area (Å²) in [5.41, 5.74) is 1.05. The molecule has 0 aliphatic rings. The van der Waals surface area contributed by atoms with Crippen molar-refractivity contribution >= 4 is 17.7 Å². The molecule has 2 amide bonds. The first-order chi connectivity index (χ1) is 13.0. The van der Waals surface area contributed by atoms with E-state index in [1.807, 2.05) is 20.8 Å². The number of hydrogen-bond donors (Lipinski definition) is 2. The van der Waals surface area contributed by atoms with Gasteiger partial charge in [-0.3, -0.25) is 0 Å². The topological polar surface area (TPSA) is 106 Å². The molecule has 1 aromatic heterocycles. The van der Waals surface area contributed by atoms with Crippen LogP contribution in [0.5, 0.6) is 0 Å². The van der Waals surface area contributed by atoms with Crippen LogP contribution in [0, 0.1) is 0 Å². The van der Waals surface area contributed by atoms with Crippen molar-refractivity contribution in [2.24, 2.45) is 0 Å². The third-order valence-electron chi connectivity index (χ3n) is 3.67. The van der Waals surface area contributed by atoms with Gasteiger partial charge in [-0.15, -0.1) is 0 Å². The fourth-order valence-electron chi connectivity index (χ4n) is 2.19. The first-order valence-electron chi connectivity index (χ1n) is 9.14. The van der Waals surface area contributed by atoms with Crippen molar-refractivity contribution in [1.29, 1.82) is 0 Å². The highest BCUT2D eigenvalue weighted by Gasteiger charge is 2.10. The summed E-state index contributed by atoms with van der Waals surface area (Å²) in [6.45, 7) is 6.81. The van der Waals surface area contributed by atoms with Crippen LogP contribution in [-0.4, -0.2) is 35.3 Å². The predicted molar refractivity (Wildman–Crippen MR) is 101 cm³/mol. The maximum absolute atomic E-state index is 11.9. The van der Waals surface area contributed by atoms with Crippen LogP contribution in [0.1, 0.15) is 61.6 Å². The van der Waals surface area contributed by atoms with Crippen molar-refractivity contribution in [2.45, 2.75) is 46.0 Å². The van der Waals surface area contributed by atoms with Crippen molar-refractivity contribution in [1.82, 2.24) is 15.5 Å². The van der Waals surface area contributed by atoms with Gasteiger partial charge in [0.05, 0.1) is 12.2 Å². The highest BCUT2D eigenvalue weighted by atomic mass is 16.5. The smallest absolute Gasteiger partial charge is 0.338 e. The van der Waals surface area contributed by atoms with Gasteiger partial charge in [-0.2, -0.15) is 4.98 Å². The van der Waals surface area contributed by atoms with Crippen LogP contribution < -0.4 is 10.6 Å². The van der Waals surface area contributed by atoms with E-state index < -0.39 is 0 Å². The van der Waals surface area contributed by atoms with E-state index in [2.05, 4.69) is 20.8 Å². The second kappa shape index (κ2) is 10.3. The maximum atomic E-state index is 11.9. The van der Waals surface area contributed by atoms with Gasteiger partial charge in [0, 0.05) is 24.6 Å². The minimum atomic E-state index is -0.366. The lowest BCUT2D eigenvalue weighted by atomic mass is 10.2. The molecule has 0 aliphatic heterocycles. The highest BCUT2D eigenvalue weighted by molar-refractivity contribution is 5.92. The molecule has 2 aromatic rings. The molecule has 0 aliphatic carbocycles. The molecule has 1 heterocycles. The fraction of sp³-hybridized carbons (Fsp3) is 0.474. The summed E-state index contributed by atoms with van der Waals surface area (Å²) in [5, 5.41) is 9.38. The lowest BCUT2D eigenvalue weighted by Gasteiger charge is -2.08. The van der Waals surface area contributed by atoms with Crippen LogP contribution in [-0.2, 0) is 11.2 Å². The number of aryl methyl sites for hydroxylation is 1. The van der Waals surface area contributed by atoms with Crippen LogP contribution in [0.2, 0.25) is 0 Å². The van der Waals surface area contributed by atoms with Gasteiger partial charge in [0.15, 0.2) is 5.82 Å². The molecule has 1 aromatic carbocycles. The summed E-state index contributed by atoms with van der Waals surface area (Å²) in [6, 6.07) is 6.25. The standard InChI is InChI=1S/C19H26N4O4/c1-4-12-26-18(24)14-7-9-15(10-8-14)21-19(25)20-11-5-6-16-22-17(13(2)3)23-27-16/h7-10,13H,4-6,11-12H2,1-3H3,(H2,20,21,25). The van der Waals surface area contributed by atoms with Crippen LogP contribution in [0.4, 0.5) is 10.5 Å². The van der Waals surface area contributed by atoms with E-state index in [1.54, 1.807) is 24.3 Å². The van der Waals surface area contributed by atoms with Gasteiger partial charge in [0.2, 0.25) is 5.89 Å². The molecule has 8 heteroatoms. The van der Waals surface area contributed by atoms with Gasteiger partial charge in [-0.1, -0.05) is 25.9 Å². The van der Waals surface area contributed by atoms with Crippen LogP contribution in [0.25, 0.3) is 0 Å². The summed E-state index contributed by atoms with van der Waals surface area (Å²) < 4.78 is 10.2. The molecule has 0 saturated carbocycles. The van der Waals surface area contributed by atoms with Crippen molar-refractivity contribution < 1.29 is 18.8 Å². The number of anilines is 1. The lowest BCUT2D eigenvalue weighted by Crippen LogP contribution is -2.29. The normalized spacial score (nSPS) is 10.7. The average molecular weight is 374 g/mol. The highest BCUT2D eigenvalue weighted by Crippen LogP contribution is 2.11. The van der Waals surface area contributed by atoms with E-state index in [-0.39, 0.29) is 17.9 Å². The quantitative estimate of drug-likeness (QED) is 0.514. The Morgan fingerprint density at radius 1 is 1.22 bits per heavy atom. The largest absolute Gasteiger partial charge is 0.462 e.